The minimum absolute atomic E-state index is 0.239. The average Bonchev–Trinajstić information content (AvgIpc) is 3.59. The summed E-state index contributed by atoms with van der Waals surface area (Å²) < 4.78 is 12.8. The van der Waals surface area contributed by atoms with Gasteiger partial charge in [-0.05, 0) is 37.1 Å². The van der Waals surface area contributed by atoms with Gasteiger partial charge in [0.05, 0.1) is 36.4 Å². The highest BCUT2D eigenvalue weighted by molar-refractivity contribution is 7.19. The van der Waals surface area contributed by atoms with E-state index in [1.54, 1.807) is 18.4 Å². The maximum Gasteiger partial charge on any atom is 0.183 e. The number of hydrazine groups is 1. The van der Waals surface area contributed by atoms with E-state index in [1.165, 1.54) is 5.56 Å². The Morgan fingerprint density at radius 1 is 1.29 bits per heavy atom. The maximum atomic E-state index is 5.49. The topological polar surface area (TPSA) is 85.3 Å². The molecule has 2 aromatic heterocycles. The van der Waals surface area contributed by atoms with Gasteiger partial charge < -0.3 is 14.8 Å². The molecule has 31 heavy (non-hydrogen) atoms. The number of rotatable bonds is 7. The number of aromatic nitrogens is 3. The van der Waals surface area contributed by atoms with Crippen LogP contribution in [0.1, 0.15) is 29.8 Å². The fourth-order valence-electron chi connectivity index (χ4n) is 4.21. The van der Waals surface area contributed by atoms with Crippen LogP contribution in [0.25, 0.3) is 10.6 Å². The molecular weight excluding hydrogens is 412 g/mol. The second kappa shape index (κ2) is 8.96. The first-order valence-electron chi connectivity index (χ1n) is 10.7. The van der Waals surface area contributed by atoms with Crippen LogP contribution < -0.4 is 20.9 Å². The van der Waals surface area contributed by atoms with Gasteiger partial charge in [0.2, 0.25) is 0 Å². The van der Waals surface area contributed by atoms with Gasteiger partial charge in [-0.15, -0.1) is 0 Å². The molecule has 0 radical (unpaired) electrons. The predicted octanol–water partition coefficient (Wildman–Crippen LogP) is 3.16. The number of thiazole rings is 1. The Morgan fingerprint density at radius 3 is 2.94 bits per heavy atom. The SMILES string of the molecule is COc1ccc(C2NNCC2CNc2nc(C)c(-c3ccn(C4CCOC4)n3)s2)cc1. The van der Waals surface area contributed by atoms with E-state index in [-0.39, 0.29) is 6.04 Å². The van der Waals surface area contributed by atoms with Gasteiger partial charge in [0.15, 0.2) is 5.13 Å². The lowest BCUT2D eigenvalue weighted by molar-refractivity contribution is 0.184. The first kappa shape index (κ1) is 20.4. The molecule has 2 saturated heterocycles. The zero-order valence-electron chi connectivity index (χ0n) is 17.8. The maximum absolute atomic E-state index is 5.49. The monoisotopic (exact) mass is 440 g/mol. The molecule has 0 spiro atoms. The van der Waals surface area contributed by atoms with Crippen LogP contribution in [0.2, 0.25) is 0 Å². The summed E-state index contributed by atoms with van der Waals surface area (Å²) in [4.78, 5) is 5.87. The molecule has 2 aliphatic rings. The molecule has 0 saturated carbocycles. The summed E-state index contributed by atoms with van der Waals surface area (Å²) >= 11 is 1.67. The van der Waals surface area contributed by atoms with E-state index in [0.717, 1.165) is 59.9 Å². The van der Waals surface area contributed by atoms with Crippen LogP contribution in [0.5, 0.6) is 5.75 Å². The standard InChI is InChI=1S/C22H28N6O2S/c1-14-21(19-7-9-28(27-19)17-8-10-30-13-17)31-22(25-14)23-11-16-12-24-26-20(16)15-3-5-18(29-2)6-4-15/h3-7,9,16-17,20,24,26H,8,10-13H2,1-2H3,(H,23,25). The van der Waals surface area contributed by atoms with E-state index in [2.05, 4.69) is 40.6 Å². The van der Waals surface area contributed by atoms with Gasteiger partial charge in [-0.1, -0.05) is 23.5 Å². The number of hydrogen-bond donors (Lipinski definition) is 3. The molecule has 4 heterocycles. The molecule has 5 rings (SSSR count). The van der Waals surface area contributed by atoms with Crippen LogP contribution in [-0.4, -0.2) is 48.2 Å². The third kappa shape index (κ3) is 4.31. The first-order chi connectivity index (χ1) is 15.2. The lowest BCUT2D eigenvalue weighted by atomic mass is 9.95. The van der Waals surface area contributed by atoms with Gasteiger partial charge >= 0.3 is 0 Å². The Kier molecular flexibility index (Phi) is 5.91. The second-order valence-corrected chi connectivity index (χ2v) is 9.05. The summed E-state index contributed by atoms with van der Waals surface area (Å²) in [7, 11) is 1.69. The number of methoxy groups -OCH3 is 1. The van der Waals surface area contributed by atoms with Crippen LogP contribution in [0.3, 0.4) is 0 Å². The number of nitrogens with one attached hydrogen (secondary N) is 3. The van der Waals surface area contributed by atoms with Crippen molar-refractivity contribution in [3.63, 3.8) is 0 Å². The van der Waals surface area contributed by atoms with Crippen molar-refractivity contribution in [1.29, 1.82) is 0 Å². The largest absolute Gasteiger partial charge is 0.497 e. The zero-order chi connectivity index (χ0) is 21.2. The van der Waals surface area contributed by atoms with Crippen LogP contribution in [0.4, 0.5) is 5.13 Å². The van der Waals surface area contributed by atoms with E-state index in [0.29, 0.717) is 12.0 Å². The lowest BCUT2D eigenvalue weighted by Gasteiger charge is -2.19. The Morgan fingerprint density at radius 2 is 2.16 bits per heavy atom. The summed E-state index contributed by atoms with van der Waals surface area (Å²) in [6.07, 6.45) is 3.07. The number of hydrogen-bond acceptors (Lipinski definition) is 8. The van der Waals surface area contributed by atoms with Gasteiger partial charge in [0.1, 0.15) is 11.4 Å². The molecule has 9 heteroatoms. The van der Waals surface area contributed by atoms with Crippen molar-refractivity contribution in [3.05, 3.63) is 47.8 Å². The molecule has 1 aromatic carbocycles. The molecule has 0 bridgehead atoms. The summed E-state index contributed by atoms with van der Waals surface area (Å²) in [6.45, 7) is 5.34. The molecule has 0 aliphatic carbocycles. The van der Waals surface area contributed by atoms with Crippen LogP contribution in [-0.2, 0) is 4.74 Å². The Bertz CT molecular complexity index is 1010. The molecule has 8 nitrogen and oxygen atoms in total. The zero-order valence-corrected chi connectivity index (χ0v) is 18.6. The third-order valence-corrected chi connectivity index (χ3v) is 7.14. The predicted molar refractivity (Wildman–Crippen MR) is 121 cm³/mol. The Labute approximate surface area is 185 Å². The number of nitrogens with zero attached hydrogens (tertiary/aromatic N) is 3. The highest BCUT2D eigenvalue weighted by Gasteiger charge is 2.28. The van der Waals surface area contributed by atoms with Crippen molar-refractivity contribution in [2.24, 2.45) is 5.92 Å². The van der Waals surface area contributed by atoms with Crippen LogP contribution >= 0.6 is 11.3 Å². The van der Waals surface area contributed by atoms with Crippen molar-refractivity contribution in [3.8, 4) is 16.3 Å². The molecule has 2 fully saturated rings. The summed E-state index contributed by atoms with van der Waals surface area (Å²) in [5, 5.41) is 9.28. The fourth-order valence-corrected chi connectivity index (χ4v) is 5.15. The highest BCUT2D eigenvalue weighted by atomic mass is 32.1. The fraction of sp³-hybridized carbons (Fsp3) is 0.455. The minimum atomic E-state index is 0.239. The van der Waals surface area contributed by atoms with Gasteiger partial charge in [-0.3, -0.25) is 10.1 Å². The summed E-state index contributed by atoms with van der Waals surface area (Å²) in [5.74, 6) is 1.28. The highest BCUT2D eigenvalue weighted by Crippen LogP contribution is 2.33. The number of aryl methyl sites for hydroxylation is 1. The average molecular weight is 441 g/mol. The van der Waals surface area contributed by atoms with Crippen molar-refractivity contribution in [2.45, 2.75) is 25.4 Å². The molecule has 0 amide bonds. The Balaban J connectivity index is 1.24. The summed E-state index contributed by atoms with van der Waals surface area (Å²) in [5.41, 5.74) is 9.93. The number of anilines is 1. The molecule has 3 N–H and O–H groups in total. The van der Waals surface area contributed by atoms with Crippen molar-refractivity contribution in [1.82, 2.24) is 25.6 Å². The molecular formula is C22H28N6O2S. The molecule has 2 aliphatic heterocycles. The smallest absolute Gasteiger partial charge is 0.183 e. The quantitative estimate of drug-likeness (QED) is 0.520. The van der Waals surface area contributed by atoms with E-state index < -0.39 is 0 Å². The third-order valence-electron chi connectivity index (χ3n) is 6.00. The number of benzene rings is 1. The number of ether oxygens (including phenoxy) is 2. The van der Waals surface area contributed by atoms with Crippen LogP contribution in [0, 0.1) is 12.8 Å². The van der Waals surface area contributed by atoms with Crippen LogP contribution in [0.15, 0.2) is 36.5 Å². The Hall–Kier alpha value is -2.46. The van der Waals surface area contributed by atoms with Crippen molar-refractivity contribution >= 4 is 16.5 Å². The first-order valence-corrected chi connectivity index (χ1v) is 11.5. The summed E-state index contributed by atoms with van der Waals surface area (Å²) in [6, 6.07) is 10.9. The van der Waals surface area contributed by atoms with Crippen molar-refractivity contribution < 1.29 is 9.47 Å². The van der Waals surface area contributed by atoms with E-state index in [9.17, 15) is 0 Å². The van der Waals surface area contributed by atoms with E-state index in [1.807, 2.05) is 23.7 Å². The molecule has 3 atom stereocenters. The molecule has 164 valence electrons. The lowest BCUT2D eigenvalue weighted by Crippen LogP contribution is -2.26. The minimum Gasteiger partial charge on any atom is -0.497 e. The molecule has 3 aromatic rings. The van der Waals surface area contributed by atoms with Gasteiger partial charge in [0, 0.05) is 31.8 Å². The van der Waals surface area contributed by atoms with Gasteiger partial charge in [-0.2, -0.15) is 5.10 Å². The second-order valence-electron chi connectivity index (χ2n) is 8.05. The normalized spacial score (nSPS) is 23.4. The van der Waals surface area contributed by atoms with E-state index in [4.69, 9.17) is 19.6 Å². The van der Waals surface area contributed by atoms with Crippen molar-refractivity contribution in [2.75, 3.05) is 38.7 Å². The van der Waals surface area contributed by atoms with Gasteiger partial charge in [0.25, 0.3) is 0 Å². The van der Waals surface area contributed by atoms with E-state index >= 15 is 0 Å². The molecule has 3 unspecified atom stereocenters. The van der Waals surface area contributed by atoms with Gasteiger partial charge in [-0.25, -0.2) is 10.4 Å².